The summed E-state index contributed by atoms with van der Waals surface area (Å²) in [5.41, 5.74) is 7.13. The van der Waals surface area contributed by atoms with Crippen molar-refractivity contribution in [2.45, 2.75) is 37.6 Å². The van der Waals surface area contributed by atoms with E-state index in [1.54, 1.807) is 7.11 Å². The Morgan fingerprint density at radius 1 is 1.27 bits per heavy atom. The standard InChI is InChI=1S/C12H18N2O/c1-15-11-7-5-6-10(14-11)12(13)8-3-2-4-9-12/h5-7H,2-4,8-9,13H2,1H3. The lowest BCUT2D eigenvalue weighted by molar-refractivity contribution is 0.290. The monoisotopic (exact) mass is 206 g/mol. The van der Waals surface area contributed by atoms with Crippen molar-refractivity contribution in [1.29, 1.82) is 0 Å². The molecule has 0 aromatic carbocycles. The Morgan fingerprint density at radius 2 is 2.00 bits per heavy atom. The van der Waals surface area contributed by atoms with Crippen molar-refractivity contribution in [3.05, 3.63) is 23.9 Å². The molecule has 1 heterocycles. The summed E-state index contributed by atoms with van der Waals surface area (Å²) in [5.74, 6) is 0.655. The van der Waals surface area contributed by atoms with Crippen molar-refractivity contribution in [2.24, 2.45) is 5.73 Å². The fourth-order valence-electron chi connectivity index (χ4n) is 2.24. The third kappa shape index (κ3) is 2.12. The average Bonchev–Trinajstić information content (AvgIpc) is 2.30. The van der Waals surface area contributed by atoms with Gasteiger partial charge in [-0.1, -0.05) is 25.3 Å². The summed E-state index contributed by atoms with van der Waals surface area (Å²) in [6, 6.07) is 5.83. The molecule has 1 aliphatic carbocycles. The van der Waals surface area contributed by atoms with Gasteiger partial charge in [0.05, 0.1) is 18.3 Å². The number of methoxy groups -OCH3 is 1. The molecule has 1 aromatic heterocycles. The van der Waals surface area contributed by atoms with Crippen molar-refractivity contribution in [3.8, 4) is 5.88 Å². The van der Waals surface area contributed by atoms with E-state index in [1.165, 1.54) is 19.3 Å². The zero-order chi connectivity index (χ0) is 10.7. The predicted molar refractivity (Wildman–Crippen MR) is 59.7 cm³/mol. The largest absolute Gasteiger partial charge is 0.481 e. The molecule has 2 N–H and O–H groups in total. The zero-order valence-corrected chi connectivity index (χ0v) is 9.20. The van der Waals surface area contributed by atoms with Gasteiger partial charge in [-0.25, -0.2) is 4.98 Å². The number of hydrogen-bond acceptors (Lipinski definition) is 3. The van der Waals surface area contributed by atoms with E-state index in [1.807, 2.05) is 18.2 Å². The minimum absolute atomic E-state index is 0.229. The molecule has 1 saturated carbocycles. The van der Waals surface area contributed by atoms with Crippen molar-refractivity contribution in [1.82, 2.24) is 4.98 Å². The van der Waals surface area contributed by atoms with Gasteiger partial charge in [0, 0.05) is 6.07 Å². The van der Waals surface area contributed by atoms with E-state index >= 15 is 0 Å². The van der Waals surface area contributed by atoms with Gasteiger partial charge in [0.25, 0.3) is 0 Å². The lowest BCUT2D eigenvalue weighted by atomic mass is 9.80. The van der Waals surface area contributed by atoms with Crippen LogP contribution >= 0.6 is 0 Å². The molecule has 82 valence electrons. The van der Waals surface area contributed by atoms with Crippen LogP contribution in [0.1, 0.15) is 37.8 Å². The van der Waals surface area contributed by atoms with Gasteiger partial charge in [-0.3, -0.25) is 0 Å². The molecule has 1 aromatic rings. The Bertz CT molecular complexity index is 332. The molecule has 0 amide bonds. The maximum atomic E-state index is 6.39. The summed E-state index contributed by atoms with van der Waals surface area (Å²) in [5, 5.41) is 0. The van der Waals surface area contributed by atoms with Gasteiger partial charge in [-0.15, -0.1) is 0 Å². The lowest BCUT2D eigenvalue weighted by Gasteiger charge is -2.32. The number of nitrogens with zero attached hydrogens (tertiary/aromatic N) is 1. The number of hydrogen-bond donors (Lipinski definition) is 1. The molecule has 15 heavy (non-hydrogen) atoms. The molecule has 0 radical (unpaired) electrons. The Kier molecular flexibility index (Phi) is 2.91. The van der Waals surface area contributed by atoms with Crippen LogP contribution in [0.25, 0.3) is 0 Å². The molecule has 3 nitrogen and oxygen atoms in total. The Labute approximate surface area is 90.7 Å². The van der Waals surface area contributed by atoms with Crippen LogP contribution in [-0.2, 0) is 5.54 Å². The number of ether oxygens (including phenoxy) is 1. The summed E-state index contributed by atoms with van der Waals surface area (Å²) in [4.78, 5) is 4.44. The van der Waals surface area contributed by atoms with Crippen molar-refractivity contribution in [3.63, 3.8) is 0 Å². The highest BCUT2D eigenvalue weighted by molar-refractivity contribution is 5.22. The molecule has 3 heteroatoms. The third-order valence-electron chi connectivity index (χ3n) is 3.19. The highest BCUT2D eigenvalue weighted by Gasteiger charge is 2.30. The maximum Gasteiger partial charge on any atom is 0.213 e. The second-order valence-electron chi connectivity index (χ2n) is 4.28. The summed E-state index contributed by atoms with van der Waals surface area (Å²) in [6.45, 7) is 0. The third-order valence-corrected chi connectivity index (χ3v) is 3.19. The molecule has 0 aliphatic heterocycles. The zero-order valence-electron chi connectivity index (χ0n) is 9.20. The Balaban J connectivity index is 2.26. The number of nitrogens with two attached hydrogens (primary N) is 1. The first-order valence-corrected chi connectivity index (χ1v) is 5.55. The molecular weight excluding hydrogens is 188 g/mol. The molecule has 0 bridgehead atoms. The summed E-state index contributed by atoms with van der Waals surface area (Å²) >= 11 is 0. The topological polar surface area (TPSA) is 48.1 Å². The maximum absolute atomic E-state index is 6.39. The molecular formula is C12H18N2O. The van der Waals surface area contributed by atoms with Gasteiger partial charge in [0.1, 0.15) is 0 Å². The minimum atomic E-state index is -0.229. The second kappa shape index (κ2) is 4.19. The van der Waals surface area contributed by atoms with E-state index in [4.69, 9.17) is 10.5 Å². The fraction of sp³-hybridized carbons (Fsp3) is 0.583. The number of rotatable bonds is 2. The van der Waals surface area contributed by atoms with Gasteiger partial charge in [-0.05, 0) is 18.9 Å². The lowest BCUT2D eigenvalue weighted by Crippen LogP contribution is -2.39. The normalized spacial score (nSPS) is 19.9. The van der Waals surface area contributed by atoms with E-state index < -0.39 is 0 Å². The number of aromatic nitrogens is 1. The molecule has 0 spiro atoms. The van der Waals surface area contributed by atoms with Gasteiger partial charge < -0.3 is 10.5 Å². The Hall–Kier alpha value is -1.09. The van der Waals surface area contributed by atoms with Crippen LogP contribution < -0.4 is 10.5 Å². The van der Waals surface area contributed by atoms with Crippen LogP contribution in [0.3, 0.4) is 0 Å². The summed E-state index contributed by atoms with van der Waals surface area (Å²) < 4.78 is 5.12. The molecule has 0 saturated heterocycles. The molecule has 0 atom stereocenters. The van der Waals surface area contributed by atoms with Crippen molar-refractivity contribution in [2.75, 3.05) is 7.11 Å². The van der Waals surface area contributed by atoms with Crippen LogP contribution in [0, 0.1) is 0 Å². The van der Waals surface area contributed by atoms with Crippen molar-refractivity contribution < 1.29 is 4.74 Å². The molecule has 2 rings (SSSR count). The molecule has 0 unspecified atom stereocenters. The smallest absolute Gasteiger partial charge is 0.213 e. The summed E-state index contributed by atoms with van der Waals surface area (Å²) in [6.07, 6.45) is 5.77. The molecule has 1 aliphatic rings. The first kappa shape index (κ1) is 10.4. The van der Waals surface area contributed by atoms with Crippen LogP contribution in [0.15, 0.2) is 18.2 Å². The van der Waals surface area contributed by atoms with E-state index in [-0.39, 0.29) is 5.54 Å². The predicted octanol–water partition coefficient (Wildman–Crippen LogP) is 2.21. The summed E-state index contributed by atoms with van der Waals surface area (Å²) in [7, 11) is 1.64. The van der Waals surface area contributed by atoms with E-state index in [2.05, 4.69) is 4.98 Å². The van der Waals surface area contributed by atoms with Gasteiger partial charge in [0.2, 0.25) is 5.88 Å². The first-order chi connectivity index (χ1) is 7.24. The first-order valence-electron chi connectivity index (χ1n) is 5.55. The van der Waals surface area contributed by atoms with Crippen LogP contribution in [-0.4, -0.2) is 12.1 Å². The van der Waals surface area contributed by atoms with Gasteiger partial charge in [-0.2, -0.15) is 0 Å². The average molecular weight is 206 g/mol. The quantitative estimate of drug-likeness (QED) is 0.807. The van der Waals surface area contributed by atoms with E-state index in [0.29, 0.717) is 5.88 Å². The SMILES string of the molecule is COc1cccc(C2(N)CCCCC2)n1. The van der Waals surface area contributed by atoms with E-state index in [9.17, 15) is 0 Å². The Morgan fingerprint density at radius 3 is 2.67 bits per heavy atom. The minimum Gasteiger partial charge on any atom is -0.481 e. The molecule has 1 fully saturated rings. The van der Waals surface area contributed by atoms with Gasteiger partial charge in [0.15, 0.2) is 0 Å². The second-order valence-corrected chi connectivity index (χ2v) is 4.28. The van der Waals surface area contributed by atoms with Gasteiger partial charge >= 0.3 is 0 Å². The van der Waals surface area contributed by atoms with Crippen LogP contribution in [0.2, 0.25) is 0 Å². The highest BCUT2D eigenvalue weighted by atomic mass is 16.5. The van der Waals surface area contributed by atoms with Crippen LogP contribution in [0.5, 0.6) is 5.88 Å². The fourth-order valence-corrected chi connectivity index (χ4v) is 2.24. The number of pyridine rings is 1. The van der Waals surface area contributed by atoms with E-state index in [0.717, 1.165) is 18.5 Å². The highest BCUT2D eigenvalue weighted by Crippen LogP contribution is 2.34. The van der Waals surface area contributed by atoms with Crippen molar-refractivity contribution >= 4 is 0 Å². The van der Waals surface area contributed by atoms with Crippen LogP contribution in [0.4, 0.5) is 0 Å².